The highest BCUT2D eigenvalue weighted by Gasteiger charge is 2.22. The Kier molecular flexibility index (Phi) is 3.88. The Hall–Kier alpha value is -0.530. The first-order valence-corrected chi connectivity index (χ1v) is 6.54. The average molecular weight is 238 g/mol. The normalized spacial score (nSPS) is 26.9. The van der Waals surface area contributed by atoms with E-state index in [1.54, 1.807) is 0 Å². The standard InChI is InChI=1S/C14H20ClN/c1-10-3-8-14(9-10)16-11(2)12-4-6-13(15)7-5-12/h4-7,10-11,14,16H,3,8-9H2,1-2H3/t10?,11-,14?/m0/s1. The second-order valence-electron chi connectivity index (χ2n) is 5.06. The van der Waals surface area contributed by atoms with Gasteiger partial charge in [-0.25, -0.2) is 0 Å². The minimum atomic E-state index is 0.424. The number of rotatable bonds is 3. The van der Waals surface area contributed by atoms with Crippen molar-refractivity contribution in [3.05, 3.63) is 34.9 Å². The quantitative estimate of drug-likeness (QED) is 0.832. The second kappa shape index (κ2) is 5.20. The van der Waals surface area contributed by atoms with E-state index in [2.05, 4.69) is 31.3 Å². The molecule has 0 amide bonds. The van der Waals surface area contributed by atoms with Crippen LogP contribution in [0, 0.1) is 5.92 Å². The van der Waals surface area contributed by atoms with E-state index >= 15 is 0 Å². The van der Waals surface area contributed by atoms with Gasteiger partial charge in [-0.2, -0.15) is 0 Å². The van der Waals surface area contributed by atoms with Crippen LogP contribution >= 0.6 is 11.6 Å². The van der Waals surface area contributed by atoms with Crippen LogP contribution in [0.4, 0.5) is 0 Å². The van der Waals surface area contributed by atoms with Crippen LogP contribution in [0.2, 0.25) is 5.02 Å². The number of hydrogen-bond acceptors (Lipinski definition) is 1. The van der Waals surface area contributed by atoms with Crippen LogP contribution < -0.4 is 5.32 Å². The molecule has 1 N–H and O–H groups in total. The van der Waals surface area contributed by atoms with Gasteiger partial charge in [-0.15, -0.1) is 0 Å². The van der Waals surface area contributed by atoms with Crippen molar-refractivity contribution in [3.63, 3.8) is 0 Å². The van der Waals surface area contributed by atoms with Gasteiger partial charge in [0.15, 0.2) is 0 Å². The van der Waals surface area contributed by atoms with Crippen molar-refractivity contribution in [2.24, 2.45) is 5.92 Å². The third kappa shape index (κ3) is 2.99. The lowest BCUT2D eigenvalue weighted by molar-refractivity contribution is 0.449. The van der Waals surface area contributed by atoms with Gasteiger partial charge in [-0.3, -0.25) is 0 Å². The van der Waals surface area contributed by atoms with Crippen molar-refractivity contribution in [2.75, 3.05) is 0 Å². The van der Waals surface area contributed by atoms with Gasteiger partial charge in [-0.1, -0.05) is 30.7 Å². The molecule has 0 heterocycles. The molecule has 1 aromatic rings. The molecule has 1 aromatic carbocycles. The van der Waals surface area contributed by atoms with Gasteiger partial charge in [0.05, 0.1) is 0 Å². The number of hydrogen-bond donors (Lipinski definition) is 1. The predicted octanol–water partition coefficient (Wildman–Crippen LogP) is 4.18. The van der Waals surface area contributed by atoms with E-state index in [1.165, 1.54) is 24.8 Å². The molecule has 1 aliphatic rings. The molecule has 0 saturated heterocycles. The van der Waals surface area contributed by atoms with Crippen molar-refractivity contribution in [1.29, 1.82) is 0 Å². The molecule has 0 radical (unpaired) electrons. The fraction of sp³-hybridized carbons (Fsp3) is 0.571. The first kappa shape index (κ1) is 11.9. The molecule has 0 aromatic heterocycles. The molecule has 3 atom stereocenters. The molecule has 2 rings (SSSR count). The molecule has 16 heavy (non-hydrogen) atoms. The highest BCUT2D eigenvalue weighted by molar-refractivity contribution is 6.30. The van der Waals surface area contributed by atoms with Crippen molar-refractivity contribution in [3.8, 4) is 0 Å². The highest BCUT2D eigenvalue weighted by Crippen LogP contribution is 2.27. The molecule has 1 saturated carbocycles. The maximum atomic E-state index is 5.89. The Bertz CT molecular complexity index is 333. The van der Waals surface area contributed by atoms with E-state index in [-0.39, 0.29) is 0 Å². The fourth-order valence-corrected chi connectivity index (χ4v) is 2.69. The zero-order valence-electron chi connectivity index (χ0n) is 10.0. The first-order valence-electron chi connectivity index (χ1n) is 6.16. The summed E-state index contributed by atoms with van der Waals surface area (Å²) in [7, 11) is 0. The van der Waals surface area contributed by atoms with Gasteiger partial charge in [0.1, 0.15) is 0 Å². The third-order valence-electron chi connectivity index (χ3n) is 3.55. The number of benzene rings is 1. The Morgan fingerprint density at radius 2 is 1.94 bits per heavy atom. The molecular formula is C14H20ClN. The van der Waals surface area contributed by atoms with Gasteiger partial charge in [0.2, 0.25) is 0 Å². The Morgan fingerprint density at radius 1 is 1.25 bits per heavy atom. The molecule has 2 heteroatoms. The van der Waals surface area contributed by atoms with Crippen LogP contribution in [0.15, 0.2) is 24.3 Å². The Balaban J connectivity index is 1.92. The summed E-state index contributed by atoms with van der Waals surface area (Å²) in [6, 6.07) is 9.27. The maximum Gasteiger partial charge on any atom is 0.0406 e. The van der Waals surface area contributed by atoms with E-state index in [0.29, 0.717) is 12.1 Å². The number of halogens is 1. The van der Waals surface area contributed by atoms with Crippen molar-refractivity contribution in [1.82, 2.24) is 5.32 Å². The lowest BCUT2D eigenvalue weighted by Gasteiger charge is -2.19. The SMILES string of the molecule is CC1CCC(N[C@@H](C)c2ccc(Cl)cc2)C1. The van der Waals surface area contributed by atoms with Gasteiger partial charge >= 0.3 is 0 Å². The van der Waals surface area contributed by atoms with Crippen molar-refractivity contribution < 1.29 is 0 Å². The molecule has 2 unspecified atom stereocenters. The lowest BCUT2D eigenvalue weighted by atomic mass is 10.1. The molecule has 88 valence electrons. The van der Waals surface area contributed by atoms with Crippen LogP contribution in [0.3, 0.4) is 0 Å². The summed E-state index contributed by atoms with van der Waals surface area (Å²) in [5.41, 5.74) is 1.32. The van der Waals surface area contributed by atoms with Crippen LogP contribution in [-0.4, -0.2) is 6.04 Å². The monoisotopic (exact) mass is 237 g/mol. The van der Waals surface area contributed by atoms with Crippen LogP contribution in [0.1, 0.15) is 44.7 Å². The summed E-state index contributed by atoms with van der Waals surface area (Å²) < 4.78 is 0. The minimum absolute atomic E-state index is 0.424. The van der Waals surface area contributed by atoms with Gasteiger partial charge in [0, 0.05) is 17.1 Å². The zero-order chi connectivity index (χ0) is 11.5. The lowest BCUT2D eigenvalue weighted by Crippen LogP contribution is -2.29. The molecule has 1 aliphatic carbocycles. The summed E-state index contributed by atoms with van der Waals surface area (Å²) in [6.45, 7) is 4.57. The Labute approximate surface area is 103 Å². The van der Waals surface area contributed by atoms with Crippen LogP contribution in [0.5, 0.6) is 0 Å². The smallest absolute Gasteiger partial charge is 0.0406 e. The Morgan fingerprint density at radius 3 is 2.50 bits per heavy atom. The van der Waals surface area contributed by atoms with E-state index in [4.69, 9.17) is 11.6 Å². The van der Waals surface area contributed by atoms with Gasteiger partial charge < -0.3 is 5.32 Å². The van der Waals surface area contributed by atoms with E-state index in [1.807, 2.05) is 12.1 Å². The second-order valence-corrected chi connectivity index (χ2v) is 5.49. The van der Waals surface area contributed by atoms with E-state index in [9.17, 15) is 0 Å². The molecule has 0 spiro atoms. The molecule has 0 aliphatic heterocycles. The third-order valence-corrected chi connectivity index (χ3v) is 3.80. The summed E-state index contributed by atoms with van der Waals surface area (Å²) >= 11 is 5.89. The fourth-order valence-electron chi connectivity index (χ4n) is 2.56. The van der Waals surface area contributed by atoms with Crippen LogP contribution in [0.25, 0.3) is 0 Å². The molecule has 0 bridgehead atoms. The summed E-state index contributed by atoms with van der Waals surface area (Å²) in [4.78, 5) is 0. The molecule has 1 fully saturated rings. The zero-order valence-corrected chi connectivity index (χ0v) is 10.8. The summed E-state index contributed by atoms with van der Waals surface area (Å²) in [6.07, 6.45) is 4.00. The van der Waals surface area contributed by atoms with E-state index < -0.39 is 0 Å². The van der Waals surface area contributed by atoms with Crippen LogP contribution in [-0.2, 0) is 0 Å². The van der Waals surface area contributed by atoms with Gasteiger partial charge in [-0.05, 0) is 49.8 Å². The maximum absolute atomic E-state index is 5.89. The topological polar surface area (TPSA) is 12.0 Å². The van der Waals surface area contributed by atoms with Crippen molar-refractivity contribution in [2.45, 2.75) is 45.2 Å². The van der Waals surface area contributed by atoms with E-state index in [0.717, 1.165) is 10.9 Å². The molecule has 1 nitrogen and oxygen atoms in total. The average Bonchev–Trinajstić information content (AvgIpc) is 2.65. The minimum Gasteiger partial charge on any atom is -0.307 e. The summed E-state index contributed by atoms with van der Waals surface area (Å²) in [5.74, 6) is 0.884. The predicted molar refractivity (Wildman–Crippen MR) is 69.8 cm³/mol. The highest BCUT2D eigenvalue weighted by atomic mass is 35.5. The number of nitrogens with one attached hydrogen (secondary N) is 1. The first-order chi connectivity index (χ1) is 7.65. The van der Waals surface area contributed by atoms with Crippen molar-refractivity contribution >= 4 is 11.6 Å². The largest absolute Gasteiger partial charge is 0.307 e. The molecular weight excluding hydrogens is 218 g/mol. The van der Waals surface area contributed by atoms with Gasteiger partial charge in [0.25, 0.3) is 0 Å². The summed E-state index contributed by atoms with van der Waals surface area (Å²) in [5, 5.41) is 4.51.